The Bertz CT molecular complexity index is 202. The highest BCUT2D eigenvalue weighted by Gasteiger charge is 2.18. The third-order valence-electron chi connectivity index (χ3n) is 2.56. The van der Waals surface area contributed by atoms with Crippen molar-refractivity contribution < 1.29 is 9.53 Å². The molecule has 1 aliphatic rings. The molecule has 1 aliphatic carbocycles. The molecule has 15 heavy (non-hydrogen) atoms. The van der Waals surface area contributed by atoms with Crippen LogP contribution in [0.25, 0.3) is 0 Å². The van der Waals surface area contributed by atoms with E-state index in [1.165, 1.54) is 32.1 Å². The van der Waals surface area contributed by atoms with Crippen molar-refractivity contribution >= 4 is 5.97 Å². The minimum Gasteiger partial charge on any atom is -0.459 e. The summed E-state index contributed by atoms with van der Waals surface area (Å²) in [4.78, 5) is 11.4. The van der Waals surface area contributed by atoms with Gasteiger partial charge < -0.3 is 10.1 Å². The molecular weight excluding hydrogens is 190 g/mol. The first-order valence-corrected chi connectivity index (χ1v) is 5.92. The zero-order valence-electron chi connectivity index (χ0n) is 10.1. The summed E-state index contributed by atoms with van der Waals surface area (Å²) in [7, 11) is 0. The molecule has 0 spiro atoms. The predicted molar refractivity (Wildman–Crippen MR) is 60.7 cm³/mol. The molecule has 0 saturated heterocycles. The van der Waals surface area contributed by atoms with E-state index in [2.05, 4.69) is 5.32 Å². The first-order valence-electron chi connectivity index (χ1n) is 5.92. The Kier molecular flexibility index (Phi) is 4.58. The molecule has 0 amide bonds. The van der Waals surface area contributed by atoms with Crippen LogP contribution in [0.3, 0.4) is 0 Å². The molecule has 1 rings (SSSR count). The van der Waals surface area contributed by atoms with Crippen molar-refractivity contribution in [3.05, 3.63) is 0 Å². The second-order valence-corrected chi connectivity index (χ2v) is 5.30. The number of hydrogen-bond donors (Lipinski definition) is 1. The lowest BCUT2D eigenvalue weighted by Crippen LogP contribution is -2.38. The van der Waals surface area contributed by atoms with E-state index in [-0.39, 0.29) is 11.6 Å². The summed E-state index contributed by atoms with van der Waals surface area (Å²) >= 11 is 0. The van der Waals surface area contributed by atoms with E-state index in [4.69, 9.17) is 4.74 Å². The van der Waals surface area contributed by atoms with Crippen LogP contribution in [0.4, 0.5) is 0 Å². The topological polar surface area (TPSA) is 38.3 Å². The molecule has 1 N–H and O–H groups in total. The maximum atomic E-state index is 11.4. The van der Waals surface area contributed by atoms with Crippen molar-refractivity contribution in [2.75, 3.05) is 6.54 Å². The summed E-state index contributed by atoms with van der Waals surface area (Å²) in [6, 6.07) is 0.520. The van der Waals surface area contributed by atoms with Gasteiger partial charge >= 0.3 is 5.97 Å². The van der Waals surface area contributed by atoms with Gasteiger partial charge in [0.1, 0.15) is 5.60 Å². The summed E-state index contributed by atoms with van der Waals surface area (Å²) in [6.07, 6.45) is 6.30. The van der Waals surface area contributed by atoms with Gasteiger partial charge in [-0.25, -0.2) is 0 Å². The van der Waals surface area contributed by atoms with Crippen molar-refractivity contribution in [1.29, 1.82) is 0 Å². The number of hydrogen-bond acceptors (Lipinski definition) is 3. The van der Waals surface area contributed by atoms with Crippen molar-refractivity contribution in [1.82, 2.24) is 5.32 Å². The Labute approximate surface area is 92.6 Å². The third-order valence-corrected chi connectivity index (χ3v) is 2.56. The fraction of sp³-hybridized carbons (Fsp3) is 0.917. The Morgan fingerprint density at radius 3 is 2.40 bits per heavy atom. The van der Waals surface area contributed by atoms with E-state index in [0.717, 1.165) is 0 Å². The Morgan fingerprint density at radius 2 is 1.87 bits per heavy atom. The van der Waals surface area contributed by atoms with Gasteiger partial charge in [-0.1, -0.05) is 19.3 Å². The molecule has 3 heteroatoms. The van der Waals surface area contributed by atoms with Gasteiger partial charge in [-0.05, 0) is 33.6 Å². The van der Waals surface area contributed by atoms with E-state index in [9.17, 15) is 4.79 Å². The number of carbonyl (C=O) groups excluding carboxylic acids is 1. The molecule has 0 atom stereocenters. The van der Waals surface area contributed by atoms with Crippen LogP contribution in [-0.2, 0) is 9.53 Å². The van der Waals surface area contributed by atoms with Crippen LogP contribution in [0.1, 0.15) is 52.9 Å². The highest BCUT2D eigenvalue weighted by Crippen LogP contribution is 2.17. The van der Waals surface area contributed by atoms with E-state index >= 15 is 0 Å². The molecule has 0 aromatic carbocycles. The molecule has 0 heterocycles. The molecule has 0 aromatic heterocycles. The van der Waals surface area contributed by atoms with Gasteiger partial charge in [0.2, 0.25) is 0 Å². The van der Waals surface area contributed by atoms with E-state index in [1.54, 1.807) is 0 Å². The van der Waals surface area contributed by atoms with Gasteiger partial charge in [0.15, 0.2) is 0 Å². The van der Waals surface area contributed by atoms with Crippen molar-refractivity contribution in [3.63, 3.8) is 0 Å². The minimum atomic E-state index is -0.370. The molecule has 1 saturated carbocycles. The minimum absolute atomic E-state index is 0.145. The normalized spacial score (nSPS) is 18.9. The average Bonchev–Trinajstić information content (AvgIpc) is 2.14. The maximum absolute atomic E-state index is 11.4. The number of ether oxygens (including phenoxy) is 1. The Balaban J connectivity index is 2.15. The first-order chi connectivity index (χ1) is 6.97. The smallest absolute Gasteiger partial charge is 0.320 e. The molecule has 1 fully saturated rings. The lowest BCUT2D eigenvalue weighted by atomic mass is 9.95. The Hall–Kier alpha value is -0.570. The van der Waals surface area contributed by atoms with Crippen molar-refractivity contribution in [2.45, 2.75) is 64.5 Å². The van der Waals surface area contributed by atoms with Gasteiger partial charge in [-0.3, -0.25) is 4.79 Å². The fourth-order valence-electron chi connectivity index (χ4n) is 1.91. The second kappa shape index (κ2) is 5.50. The fourth-order valence-corrected chi connectivity index (χ4v) is 1.91. The van der Waals surface area contributed by atoms with Crippen LogP contribution < -0.4 is 5.32 Å². The molecule has 0 bridgehead atoms. The number of rotatable bonds is 3. The first kappa shape index (κ1) is 12.5. The van der Waals surface area contributed by atoms with Gasteiger partial charge in [0, 0.05) is 6.04 Å². The van der Waals surface area contributed by atoms with Gasteiger partial charge in [0.05, 0.1) is 6.54 Å². The quantitative estimate of drug-likeness (QED) is 0.731. The van der Waals surface area contributed by atoms with Crippen LogP contribution >= 0.6 is 0 Å². The molecule has 0 radical (unpaired) electrons. The lowest BCUT2D eigenvalue weighted by Gasteiger charge is -2.24. The predicted octanol–water partition coefficient (Wildman–Crippen LogP) is 2.25. The third kappa shape index (κ3) is 5.78. The average molecular weight is 213 g/mol. The Morgan fingerprint density at radius 1 is 1.27 bits per heavy atom. The van der Waals surface area contributed by atoms with Crippen molar-refractivity contribution in [2.24, 2.45) is 0 Å². The van der Waals surface area contributed by atoms with E-state index < -0.39 is 0 Å². The molecule has 0 aromatic rings. The summed E-state index contributed by atoms with van der Waals surface area (Å²) in [6.45, 7) is 6.03. The number of esters is 1. The number of nitrogens with one attached hydrogen (secondary N) is 1. The summed E-state index contributed by atoms with van der Waals surface area (Å²) in [5.41, 5.74) is -0.370. The van der Waals surface area contributed by atoms with E-state index in [0.29, 0.717) is 12.6 Å². The zero-order valence-corrected chi connectivity index (χ0v) is 10.1. The van der Waals surface area contributed by atoms with Gasteiger partial charge in [-0.2, -0.15) is 0 Å². The highest BCUT2D eigenvalue weighted by atomic mass is 16.6. The van der Waals surface area contributed by atoms with Gasteiger partial charge in [-0.15, -0.1) is 0 Å². The zero-order chi connectivity index (χ0) is 11.3. The second-order valence-electron chi connectivity index (χ2n) is 5.30. The van der Waals surface area contributed by atoms with Crippen LogP contribution in [0.15, 0.2) is 0 Å². The number of carbonyl (C=O) groups is 1. The largest absolute Gasteiger partial charge is 0.459 e. The van der Waals surface area contributed by atoms with Crippen LogP contribution in [0, 0.1) is 0 Å². The summed E-state index contributed by atoms with van der Waals surface area (Å²) in [5.74, 6) is -0.145. The molecule has 0 aliphatic heterocycles. The molecule has 88 valence electrons. The summed E-state index contributed by atoms with van der Waals surface area (Å²) in [5, 5.41) is 3.27. The standard InChI is InChI=1S/C12H23NO2/c1-12(2,3)15-11(14)9-13-10-7-5-4-6-8-10/h10,13H,4-9H2,1-3H3. The maximum Gasteiger partial charge on any atom is 0.320 e. The van der Waals surface area contributed by atoms with Crippen LogP contribution in [0.2, 0.25) is 0 Å². The molecule has 0 unspecified atom stereocenters. The summed E-state index contributed by atoms with van der Waals surface area (Å²) < 4.78 is 5.23. The molecular formula is C12H23NO2. The van der Waals surface area contributed by atoms with Crippen molar-refractivity contribution in [3.8, 4) is 0 Å². The molecule has 3 nitrogen and oxygen atoms in total. The monoisotopic (exact) mass is 213 g/mol. The van der Waals surface area contributed by atoms with Crippen LogP contribution in [0.5, 0.6) is 0 Å². The van der Waals surface area contributed by atoms with E-state index in [1.807, 2.05) is 20.8 Å². The highest BCUT2D eigenvalue weighted by molar-refractivity contribution is 5.72. The SMILES string of the molecule is CC(C)(C)OC(=O)CNC1CCCCC1. The van der Waals surface area contributed by atoms with Gasteiger partial charge in [0.25, 0.3) is 0 Å². The lowest BCUT2D eigenvalue weighted by molar-refractivity contribution is -0.153. The van der Waals surface area contributed by atoms with Crippen LogP contribution in [-0.4, -0.2) is 24.2 Å².